The van der Waals surface area contributed by atoms with Crippen molar-refractivity contribution in [3.63, 3.8) is 0 Å². The lowest BCUT2D eigenvalue weighted by molar-refractivity contribution is 0.413. The van der Waals surface area contributed by atoms with Gasteiger partial charge in [-0.25, -0.2) is 0 Å². The molecule has 2 atom stereocenters. The van der Waals surface area contributed by atoms with E-state index >= 15 is 0 Å². The molecule has 0 fully saturated rings. The van der Waals surface area contributed by atoms with Crippen molar-refractivity contribution < 1.29 is 4.74 Å². The van der Waals surface area contributed by atoms with E-state index in [0.29, 0.717) is 0 Å². The van der Waals surface area contributed by atoms with Gasteiger partial charge in [0.15, 0.2) is 0 Å². The Labute approximate surface area is 190 Å². The first-order valence-electron chi connectivity index (χ1n) is 10.9. The standard InChI is InChI=1S/C30H23OP/c1-31-26-18-10-8-16-24(26)29-21-30(23-14-6-3-7-15-23)20-28(22-12-4-2-5-13-22)32(29)27-19-11-9-17-25(27)30/h2-21H,1H3/t30-,32?/m1/s1. The molecule has 2 heteroatoms. The molecule has 3 heterocycles. The Balaban J connectivity index is 1.71. The first kappa shape index (κ1) is 19.3. The van der Waals surface area contributed by atoms with Crippen LogP contribution >= 0.6 is 7.92 Å². The fourth-order valence-electron chi connectivity index (χ4n) is 5.08. The van der Waals surface area contributed by atoms with Gasteiger partial charge in [0, 0.05) is 5.56 Å². The van der Waals surface area contributed by atoms with Crippen molar-refractivity contribution in [3.8, 4) is 5.75 Å². The van der Waals surface area contributed by atoms with Crippen molar-refractivity contribution in [1.82, 2.24) is 0 Å². The molecule has 0 saturated heterocycles. The molecule has 4 aromatic rings. The predicted octanol–water partition coefficient (Wildman–Crippen LogP) is 7.20. The average Bonchev–Trinajstić information content (AvgIpc) is 2.89. The maximum absolute atomic E-state index is 5.82. The zero-order valence-corrected chi connectivity index (χ0v) is 18.8. The van der Waals surface area contributed by atoms with Crippen LogP contribution in [-0.4, -0.2) is 7.11 Å². The van der Waals surface area contributed by atoms with Gasteiger partial charge in [0.2, 0.25) is 0 Å². The Hall–Kier alpha value is -3.41. The van der Waals surface area contributed by atoms with Crippen molar-refractivity contribution in [1.29, 1.82) is 0 Å². The Kier molecular flexibility index (Phi) is 4.59. The molecule has 0 N–H and O–H groups in total. The van der Waals surface area contributed by atoms with Crippen LogP contribution in [0.25, 0.3) is 10.6 Å². The molecule has 0 saturated carbocycles. The number of ether oxygens (including phenoxy) is 1. The first-order valence-corrected chi connectivity index (χ1v) is 12.3. The molecule has 0 aromatic heterocycles. The summed E-state index contributed by atoms with van der Waals surface area (Å²) >= 11 is 0. The Morgan fingerprint density at radius 1 is 0.625 bits per heavy atom. The topological polar surface area (TPSA) is 9.23 Å². The van der Waals surface area contributed by atoms with Crippen LogP contribution in [0, 0.1) is 0 Å². The van der Waals surface area contributed by atoms with E-state index < -0.39 is 7.92 Å². The van der Waals surface area contributed by atoms with E-state index in [4.69, 9.17) is 4.74 Å². The van der Waals surface area contributed by atoms with Gasteiger partial charge < -0.3 is 4.74 Å². The van der Waals surface area contributed by atoms with E-state index in [1.807, 2.05) is 6.07 Å². The fourth-order valence-corrected chi connectivity index (χ4v) is 8.09. The van der Waals surface area contributed by atoms with E-state index in [2.05, 4.69) is 115 Å². The number of para-hydroxylation sites is 1. The van der Waals surface area contributed by atoms with E-state index in [1.54, 1.807) is 7.11 Å². The molecule has 1 nitrogen and oxygen atoms in total. The van der Waals surface area contributed by atoms with Crippen LogP contribution in [0.3, 0.4) is 0 Å². The average molecular weight is 430 g/mol. The second-order valence-electron chi connectivity index (χ2n) is 8.21. The molecular formula is C30H23OP. The van der Waals surface area contributed by atoms with E-state index in [0.717, 1.165) is 5.75 Å². The normalized spacial score (nSPS) is 20.8. The van der Waals surface area contributed by atoms with Crippen LogP contribution < -0.4 is 10.0 Å². The zero-order chi connectivity index (χ0) is 21.5. The SMILES string of the molecule is COc1ccccc1C1=C[C@@]2(c3ccccc3)C=C(c3ccccc3)P1c1ccccc12. The van der Waals surface area contributed by atoms with E-state index in [1.165, 1.54) is 38.2 Å². The van der Waals surface area contributed by atoms with Crippen molar-refractivity contribution >= 4 is 23.9 Å². The van der Waals surface area contributed by atoms with E-state index in [9.17, 15) is 0 Å². The summed E-state index contributed by atoms with van der Waals surface area (Å²) in [7, 11) is 1.07. The Morgan fingerprint density at radius 3 is 2.03 bits per heavy atom. The third-order valence-electron chi connectivity index (χ3n) is 6.51. The van der Waals surface area contributed by atoms with Crippen LogP contribution in [0.5, 0.6) is 5.75 Å². The highest BCUT2D eigenvalue weighted by Crippen LogP contribution is 2.70. The predicted molar refractivity (Wildman–Crippen MR) is 136 cm³/mol. The van der Waals surface area contributed by atoms with Gasteiger partial charge in [0.1, 0.15) is 5.75 Å². The summed E-state index contributed by atoms with van der Waals surface area (Å²) in [5.74, 6) is 0.932. The van der Waals surface area contributed by atoms with Gasteiger partial charge in [-0.05, 0) is 46.6 Å². The molecule has 3 aliphatic heterocycles. The molecule has 0 amide bonds. The Morgan fingerprint density at radius 2 is 1.25 bits per heavy atom. The number of methoxy groups -OCH3 is 1. The second-order valence-corrected chi connectivity index (χ2v) is 10.3. The summed E-state index contributed by atoms with van der Waals surface area (Å²) in [5, 5.41) is 4.24. The third kappa shape index (κ3) is 2.82. The van der Waals surface area contributed by atoms with Crippen molar-refractivity contribution in [2.75, 3.05) is 7.11 Å². The first-order chi connectivity index (χ1) is 15.8. The molecule has 2 bridgehead atoms. The summed E-state index contributed by atoms with van der Waals surface area (Å²) in [6.45, 7) is 0. The minimum absolute atomic E-state index is 0.309. The summed E-state index contributed by atoms with van der Waals surface area (Å²) in [5.41, 5.74) is 4.88. The largest absolute Gasteiger partial charge is 0.496 e. The van der Waals surface area contributed by atoms with Crippen LogP contribution in [0.4, 0.5) is 0 Å². The number of allylic oxidation sites excluding steroid dienone is 2. The van der Waals surface area contributed by atoms with Crippen molar-refractivity contribution in [2.24, 2.45) is 0 Å². The highest BCUT2D eigenvalue weighted by molar-refractivity contribution is 7.84. The van der Waals surface area contributed by atoms with Gasteiger partial charge in [0.05, 0.1) is 12.5 Å². The van der Waals surface area contributed by atoms with E-state index in [-0.39, 0.29) is 5.41 Å². The number of hydrogen-bond donors (Lipinski definition) is 0. The summed E-state index contributed by atoms with van der Waals surface area (Å²) in [6, 6.07) is 39.2. The zero-order valence-electron chi connectivity index (χ0n) is 17.9. The second kappa shape index (κ2) is 7.62. The van der Waals surface area contributed by atoms with Crippen LogP contribution in [0.1, 0.15) is 22.3 Å². The molecular weight excluding hydrogens is 407 g/mol. The maximum Gasteiger partial charge on any atom is 0.126 e. The minimum Gasteiger partial charge on any atom is -0.496 e. The van der Waals surface area contributed by atoms with Gasteiger partial charge in [0.25, 0.3) is 0 Å². The lowest BCUT2D eigenvalue weighted by Gasteiger charge is -2.46. The lowest BCUT2D eigenvalue weighted by atomic mass is 9.72. The molecule has 32 heavy (non-hydrogen) atoms. The van der Waals surface area contributed by atoms with Crippen LogP contribution in [0.2, 0.25) is 0 Å². The van der Waals surface area contributed by atoms with Gasteiger partial charge >= 0.3 is 0 Å². The molecule has 1 unspecified atom stereocenters. The Bertz CT molecular complexity index is 1350. The molecule has 154 valence electrons. The molecule has 0 spiro atoms. The fraction of sp³-hybridized carbons (Fsp3) is 0.0667. The molecule has 0 radical (unpaired) electrons. The van der Waals surface area contributed by atoms with Gasteiger partial charge in [-0.1, -0.05) is 115 Å². The maximum atomic E-state index is 5.82. The minimum atomic E-state index is -0.701. The highest BCUT2D eigenvalue weighted by atomic mass is 31.1. The third-order valence-corrected chi connectivity index (χ3v) is 9.10. The summed E-state index contributed by atoms with van der Waals surface area (Å²) < 4.78 is 5.82. The smallest absolute Gasteiger partial charge is 0.126 e. The summed E-state index contributed by atoms with van der Waals surface area (Å²) in [4.78, 5) is 0. The van der Waals surface area contributed by atoms with Crippen molar-refractivity contribution in [3.05, 3.63) is 144 Å². The molecule has 3 aliphatic rings. The summed E-state index contributed by atoms with van der Waals surface area (Å²) in [6.07, 6.45) is 5.02. The molecule has 0 aliphatic carbocycles. The quantitative estimate of drug-likeness (QED) is 0.311. The van der Waals surface area contributed by atoms with Gasteiger partial charge in [-0.15, -0.1) is 0 Å². The monoisotopic (exact) mass is 430 g/mol. The highest BCUT2D eigenvalue weighted by Gasteiger charge is 2.46. The van der Waals surface area contributed by atoms with Crippen LogP contribution in [-0.2, 0) is 5.41 Å². The van der Waals surface area contributed by atoms with Crippen LogP contribution in [0.15, 0.2) is 121 Å². The van der Waals surface area contributed by atoms with Crippen molar-refractivity contribution in [2.45, 2.75) is 5.41 Å². The van der Waals surface area contributed by atoms with Gasteiger partial charge in [-0.2, -0.15) is 0 Å². The number of benzene rings is 4. The molecule has 7 rings (SSSR count). The van der Waals surface area contributed by atoms with Gasteiger partial charge in [-0.3, -0.25) is 0 Å². The number of hydrogen-bond acceptors (Lipinski definition) is 1. The molecule has 4 aromatic carbocycles. The lowest BCUT2D eigenvalue weighted by Crippen LogP contribution is -2.36. The number of rotatable bonds is 4.